The molecule has 1 unspecified atom stereocenters. The van der Waals surface area contributed by atoms with Crippen molar-refractivity contribution in [2.24, 2.45) is 0 Å². The molecular weight excluding hydrogens is 306 g/mol. The first-order chi connectivity index (χ1) is 11.1. The van der Waals surface area contributed by atoms with E-state index in [1.54, 1.807) is 10.0 Å². The van der Waals surface area contributed by atoms with Gasteiger partial charge in [0.1, 0.15) is 6.07 Å². The van der Waals surface area contributed by atoms with Crippen LogP contribution in [0.3, 0.4) is 0 Å². The van der Waals surface area contributed by atoms with E-state index in [0.717, 1.165) is 21.4 Å². The average Bonchev–Trinajstić information content (AvgIpc) is 2.93. The fraction of sp³-hybridized carbons (Fsp3) is 0.222. The average molecular weight is 325 g/mol. The largest absolute Gasteiger partial charge is 0.246 e. The number of hydrogen-bond donors (Lipinski definition) is 0. The third kappa shape index (κ3) is 3.33. The second-order valence-electron chi connectivity index (χ2n) is 4.91. The minimum absolute atomic E-state index is 0.504. The van der Waals surface area contributed by atoms with Crippen LogP contribution in [-0.4, -0.2) is 13.2 Å². The fourth-order valence-corrected chi connectivity index (χ4v) is 3.34. The Morgan fingerprint density at radius 1 is 1.17 bits per heavy atom. The Morgan fingerprint density at radius 2 is 1.83 bits per heavy atom. The van der Waals surface area contributed by atoms with E-state index in [1.165, 1.54) is 6.20 Å². The highest BCUT2D eigenvalue weighted by Crippen LogP contribution is 2.23. The van der Waals surface area contributed by atoms with Crippen LogP contribution in [0.15, 0.2) is 47.6 Å². The zero-order valence-corrected chi connectivity index (χ0v) is 14.5. The maximum atomic E-state index is 12.7. The van der Waals surface area contributed by atoms with Gasteiger partial charge in [-0.15, -0.1) is 0 Å². The first-order valence-electron chi connectivity index (χ1n) is 7.47. The number of benzene rings is 1. The highest BCUT2D eigenvalue weighted by molar-refractivity contribution is 7.83. The lowest BCUT2D eigenvalue weighted by molar-refractivity contribution is 0.678. The summed E-state index contributed by atoms with van der Waals surface area (Å²) >= 11 is 0. The van der Waals surface area contributed by atoms with Gasteiger partial charge in [0.15, 0.2) is 16.6 Å². The molecule has 2 heterocycles. The SMILES string of the molecule is CC.Cc1ccc(S(=O)n2cc(C)c3cc(C#N)cnc32)cc1. The van der Waals surface area contributed by atoms with Crippen LogP contribution in [0.2, 0.25) is 0 Å². The van der Waals surface area contributed by atoms with E-state index in [-0.39, 0.29) is 0 Å². The number of hydrogen-bond acceptors (Lipinski definition) is 3. The molecule has 0 aliphatic carbocycles. The van der Waals surface area contributed by atoms with E-state index in [9.17, 15) is 4.21 Å². The fourth-order valence-electron chi connectivity index (χ4n) is 2.19. The summed E-state index contributed by atoms with van der Waals surface area (Å²) in [7, 11) is -1.35. The number of aromatic nitrogens is 2. The van der Waals surface area contributed by atoms with Gasteiger partial charge in [-0.2, -0.15) is 5.26 Å². The zero-order valence-electron chi connectivity index (χ0n) is 13.7. The van der Waals surface area contributed by atoms with Gasteiger partial charge < -0.3 is 0 Å². The van der Waals surface area contributed by atoms with Gasteiger partial charge in [0, 0.05) is 17.8 Å². The summed E-state index contributed by atoms with van der Waals surface area (Å²) in [5.41, 5.74) is 3.21. The summed E-state index contributed by atoms with van der Waals surface area (Å²) < 4.78 is 14.4. The van der Waals surface area contributed by atoms with Crippen LogP contribution in [0.5, 0.6) is 0 Å². The molecule has 3 aromatic rings. The zero-order chi connectivity index (χ0) is 17.0. The van der Waals surface area contributed by atoms with Gasteiger partial charge in [0.05, 0.1) is 10.5 Å². The van der Waals surface area contributed by atoms with Crippen LogP contribution < -0.4 is 0 Å². The molecule has 0 amide bonds. The molecule has 0 aliphatic rings. The summed E-state index contributed by atoms with van der Waals surface area (Å²) in [5.74, 6) is 0. The normalized spacial score (nSPS) is 11.4. The first-order valence-corrected chi connectivity index (χ1v) is 8.57. The Kier molecular flexibility index (Phi) is 5.30. The van der Waals surface area contributed by atoms with Crippen molar-refractivity contribution in [2.45, 2.75) is 32.6 Å². The maximum Gasteiger partial charge on any atom is 0.158 e. The lowest BCUT2D eigenvalue weighted by Crippen LogP contribution is -2.04. The van der Waals surface area contributed by atoms with E-state index in [1.807, 2.05) is 58.2 Å². The number of aryl methyl sites for hydroxylation is 2. The van der Waals surface area contributed by atoms with Crippen LogP contribution in [0, 0.1) is 25.2 Å². The van der Waals surface area contributed by atoms with Gasteiger partial charge in [0.25, 0.3) is 0 Å². The molecule has 0 saturated carbocycles. The van der Waals surface area contributed by atoms with Crippen molar-refractivity contribution in [3.8, 4) is 6.07 Å². The van der Waals surface area contributed by atoms with Crippen LogP contribution in [-0.2, 0) is 11.0 Å². The Labute approximate surface area is 139 Å². The van der Waals surface area contributed by atoms with Crippen molar-refractivity contribution in [1.29, 1.82) is 5.26 Å². The number of nitrogens with zero attached hydrogens (tertiary/aromatic N) is 3. The molecule has 4 nitrogen and oxygen atoms in total. The molecule has 2 aromatic heterocycles. The lowest BCUT2D eigenvalue weighted by atomic mass is 10.2. The molecule has 1 atom stereocenters. The summed E-state index contributed by atoms with van der Waals surface area (Å²) in [6.45, 7) is 7.92. The van der Waals surface area contributed by atoms with Crippen LogP contribution in [0.4, 0.5) is 0 Å². The third-order valence-corrected chi connectivity index (χ3v) is 4.65. The summed E-state index contributed by atoms with van der Waals surface area (Å²) in [4.78, 5) is 5.01. The smallest absolute Gasteiger partial charge is 0.158 e. The molecule has 0 saturated heterocycles. The third-order valence-electron chi connectivity index (χ3n) is 3.34. The minimum Gasteiger partial charge on any atom is -0.246 e. The number of rotatable bonds is 2. The highest BCUT2D eigenvalue weighted by atomic mass is 32.2. The first kappa shape index (κ1) is 16.9. The molecule has 0 aliphatic heterocycles. The Balaban J connectivity index is 0.000000924. The van der Waals surface area contributed by atoms with Gasteiger partial charge >= 0.3 is 0 Å². The topological polar surface area (TPSA) is 58.7 Å². The van der Waals surface area contributed by atoms with Crippen molar-refractivity contribution in [3.63, 3.8) is 0 Å². The van der Waals surface area contributed by atoms with Crippen LogP contribution in [0.25, 0.3) is 11.0 Å². The van der Waals surface area contributed by atoms with Crippen molar-refractivity contribution in [3.05, 3.63) is 59.4 Å². The molecule has 0 radical (unpaired) electrons. The number of nitriles is 1. The van der Waals surface area contributed by atoms with Gasteiger partial charge in [-0.05, 0) is 37.6 Å². The molecule has 5 heteroatoms. The summed E-state index contributed by atoms with van der Waals surface area (Å²) in [6, 6.07) is 11.4. The van der Waals surface area contributed by atoms with Gasteiger partial charge in [-0.1, -0.05) is 31.5 Å². The number of fused-ring (bicyclic) bond motifs is 1. The van der Waals surface area contributed by atoms with Gasteiger partial charge in [-0.3, -0.25) is 0 Å². The predicted octanol–water partition coefficient (Wildman–Crippen LogP) is 4.12. The Bertz CT molecular complexity index is 889. The molecule has 3 rings (SSSR count). The molecule has 1 aromatic carbocycles. The standard InChI is InChI=1S/C16H13N3OS.C2H6/c1-11-3-5-14(6-4-11)21(20)19-10-12(2)15-7-13(8-17)9-18-16(15)19;1-2/h3-7,9-10H,1-2H3;1-2H3. The predicted molar refractivity (Wildman–Crippen MR) is 93.5 cm³/mol. The van der Waals surface area contributed by atoms with Crippen molar-refractivity contribution < 1.29 is 4.21 Å². The quantitative estimate of drug-likeness (QED) is 0.712. The van der Waals surface area contributed by atoms with Crippen LogP contribution >= 0.6 is 0 Å². The van der Waals surface area contributed by atoms with Gasteiger partial charge in [-0.25, -0.2) is 13.2 Å². The van der Waals surface area contributed by atoms with Crippen molar-refractivity contribution in [2.75, 3.05) is 0 Å². The second-order valence-corrected chi connectivity index (χ2v) is 6.27. The molecule has 118 valence electrons. The molecular formula is C18H19N3OS. The lowest BCUT2D eigenvalue weighted by Gasteiger charge is -2.05. The van der Waals surface area contributed by atoms with Gasteiger partial charge in [0.2, 0.25) is 0 Å². The Morgan fingerprint density at radius 3 is 2.43 bits per heavy atom. The van der Waals surface area contributed by atoms with E-state index < -0.39 is 11.0 Å². The van der Waals surface area contributed by atoms with E-state index >= 15 is 0 Å². The molecule has 0 N–H and O–H groups in total. The highest BCUT2D eigenvalue weighted by Gasteiger charge is 2.14. The molecule has 0 fully saturated rings. The summed E-state index contributed by atoms with van der Waals surface area (Å²) in [6.07, 6.45) is 3.32. The maximum absolute atomic E-state index is 12.7. The summed E-state index contributed by atoms with van der Waals surface area (Å²) in [5, 5.41) is 9.81. The molecule has 0 spiro atoms. The molecule has 23 heavy (non-hydrogen) atoms. The van der Waals surface area contributed by atoms with E-state index in [4.69, 9.17) is 5.26 Å². The van der Waals surface area contributed by atoms with Crippen LogP contribution in [0.1, 0.15) is 30.5 Å². The monoisotopic (exact) mass is 325 g/mol. The second kappa shape index (κ2) is 7.21. The number of pyridine rings is 1. The molecule has 0 bridgehead atoms. The van der Waals surface area contributed by atoms with Crippen molar-refractivity contribution in [1.82, 2.24) is 8.96 Å². The van der Waals surface area contributed by atoms with E-state index in [2.05, 4.69) is 11.1 Å². The Hall–Kier alpha value is -2.45. The van der Waals surface area contributed by atoms with E-state index in [0.29, 0.717) is 11.2 Å². The van der Waals surface area contributed by atoms with Crippen molar-refractivity contribution >= 4 is 22.0 Å². The minimum atomic E-state index is -1.35.